The second kappa shape index (κ2) is 13.8. The summed E-state index contributed by atoms with van der Waals surface area (Å²) in [7, 11) is 0. The van der Waals surface area contributed by atoms with E-state index in [1.807, 2.05) is 78.9 Å². The molecule has 9 heteroatoms. The minimum absolute atomic E-state index is 0.0226. The Morgan fingerprint density at radius 1 is 0.795 bits per heavy atom. The number of halogens is 2. The minimum atomic E-state index is -1.25. The Hall–Kier alpha value is -5.28. The van der Waals surface area contributed by atoms with E-state index >= 15 is 0 Å². The summed E-state index contributed by atoms with van der Waals surface area (Å²) in [5.74, 6) is -1.54. The first kappa shape index (κ1) is 30.2. The largest absolute Gasteiger partial charge is 0.480 e. The fraction of sp³-hybridized carbons (Fsp3) is 0.0571. The van der Waals surface area contributed by atoms with Crippen LogP contribution in [-0.4, -0.2) is 28.9 Å². The predicted octanol–water partition coefficient (Wildman–Crippen LogP) is 7.73. The highest BCUT2D eigenvalue weighted by molar-refractivity contribution is 9.10. The van der Waals surface area contributed by atoms with E-state index in [2.05, 4.69) is 26.6 Å². The highest BCUT2D eigenvalue weighted by Gasteiger charge is 2.24. The van der Waals surface area contributed by atoms with Crippen molar-refractivity contribution in [2.75, 3.05) is 5.32 Å². The average Bonchev–Trinajstić information content (AvgIpc) is 3.03. The molecule has 3 N–H and O–H groups in total. The molecule has 0 spiro atoms. The Labute approximate surface area is 261 Å². The number of anilines is 1. The number of carbonyl (C=O) groups excluding carboxylic acids is 2. The average molecular weight is 654 g/mol. The van der Waals surface area contributed by atoms with E-state index in [0.29, 0.717) is 21.5 Å². The zero-order chi connectivity index (χ0) is 31.1. The van der Waals surface area contributed by atoms with Gasteiger partial charge in [-0.1, -0.05) is 76.6 Å². The van der Waals surface area contributed by atoms with Gasteiger partial charge in [0.05, 0.1) is 11.3 Å². The van der Waals surface area contributed by atoms with Crippen molar-refractivity contribution in [2.24, 2.45) is 0 Å². The Balaban J connectivity index is 1.30. The number of ether oxygens (including phenoxy) is 1. The SMILES string of the molecule is O=C(Nc1ccc(Br)cc1C(=O)NC(Cc1ccc(-c2ccccc2Oc2ccccc2)cc1)C(=O)O)c1ccc(F)cc1. The summed E-state index contributed by atoms with van der Waals surface area (Å²) in [6.45, 7) is 0. The monoisotopic (exact) mass is 652 g/mol. The number of hydrogen-bond donors (Lipinski definition) is 3. The molecule has 0 saturated carbocycles. The van der Waals surface area contributed by atoms with Crippen LogP contribution in [-0.2, 0) is 11.2 Å². The third-order valence-electron chi connectivity index (χ3n) is 6.75. The van der Waals surface area contributed by atoms with E-state index in [0.717, 1.165) is 23.3 Å². The van der Waals surface area contributed by atoms with Gasteiger partial charge in [-0.2, -0.15) is 0 Å². The molecule has 7 nitrogen and oxygen atoms in total. The second-order valence-corrected chi connectivity index (χ2v) is 10.7. The molecule has 2 amide bonds. The predicted molar refractivity (Wildman–Crippen MR) is 169 cm³/mol. The van der Waals surface area contributed by atoms with Crippen LogP contribution in [0.2, 0.25) is 0 Å². The molecule has 1 unspecified atom stereocenters. The number of hydrogen-bond acceptors (Lipinski definition) is 4. The molecule has 220 valence electrons. The zero-order valence-corrected chi connectivity index (χ0v) is 24.8. The van der Waals surface area contributed by atoms with Gasteiger partial charge in [0, 0.05) is 22.0 Å². The van der Waals surface area contributed by atoms with Gasteiger partial charge in [-0.3, -0.25) is 9.59 Å². The van der Waals surface area contributed by atoms with Crippen LogP contribution in [0.3, 0.4) is 0 Å². The molecule has 0 bridgehead atoms. The van der Waals surface area contributed by atoms with Gasteiger partial charge in [-0.15, -0.1) is 0 Å². The number of carbonyl (C=O) groups is 3. The van der Waals surface area contributed by atoms with Crippen LogP contribution < -0.4 is 15.4 Å². The second-order valence-electron chi connectivity index (χ2n) is 9.83. The van der Waals surface area contributed by atoms with Crippen molar-refractivity contribution in [3.63, 3.8) is 0 Å². The molecule has 0 aromatic heterocycles. The van der Waals surface area contributed by atoms with E-state index < -0.39 is 29.6 Å². The molecule has 44 heavy (non-hydrogen) atoms. The third-order valence-corrected chi connectivity index (χ3v) is 7.24. The molecule has 0 aliphatic carbocycles. The van der Waals surface area contributed by atoms with E-state index in [1.54, 1.807) is 6.07 Å². The summed E-state index contributed by atoms with van der Waals surface area (Å²) in [5, 5.41) is 15.2. The number of amides is 2. The van der Waals surface area contributed by atoms with Gasteiger partial charge in [0.25, 0.3) is 11.8 Å². The van der Waals surface area contributed by atoms with E-state index in [4.69, 9.17) is 4.74 Å². The van der Waals surface area contributed by atoms with Gasteiger partial charge in [0.1, 0.15) is 23.4 Å². The molecular weight excluding hydrogens is 627 g/mol. The van der Waals surface area contributed by atoms with Crippen LogP contribution in [0.5, 0.6) is 11.5 Å². The highest BCUT2D eigenvalue weighted by Crippen LogP contribution is 2.33. The smallest absolute Gasteiger partial charge is 0.326 e. The molecule has 1 atom stereocenters. The Morgan fingerprint density at radius 2 is 1.48 bits per heavy atom. The molecular formula is C35H26BrFN2O5. The lowest BCUT2D eigenvalue weighted by molar-refractivity contribution is -0.139. The lowest BCUT2D eigenvalue weighted by Crippen LogP contribution is -2.42. The summed E-state index contributed by atoms with van der Waals surface area (Å²) >= 11 is 3.32. The lowest BCUT2D eigenvalue weighted by Gasteiger charge is -2.17. The van der Waals surface area contributed by atoms with Crippen molar-refractivity contribution >= 4 is 39.4 Å². The molecule has 0 heterocycles. The fourth-order valence-electron chi connectivity index (χ4n) is 4.51. The Morgan fingerprint density at radius 3 is 2.18 bits per heavy atom. The summed E-state index contributed by atoms with van der Waals surface area (Å²) in [5.41, 5.74) is 2.88. The van der Waals surface area contributed by atoms with Crippen molar-refractivity contribution in [3.8, 4) is 22.6 Å². The third kappa shape index (κ3) is 7.56. The van der Waals surface area contributed by atoms with Crippen LogP contribution in [0, 0.1) is 5.82 Å². The van der Waals surface area contributed by atoms with Gasteiger partial charge in [-0.25, -0.2) is 9.18 Å². The quantitative estimate of drug-likeness (QED) is 0.143. The van der Waals surface area contributed by atoms with Gasteiger partial charge in [0.2, 0.25) is 0 Å². The highest BCUT2D eigenvalue weighted by atomic mass is 79.9. The van der Waals surface area contributed by atoms with Crippen molar-refractivity contribution < 1.29 is 28.6 Å². The van der Waals surface area contributed by atoms with Gasteiger partial charge in [0.15, 0.2) is 0 Å². The molecule has 0 radical (unpaired) electrons. The Bertz CT molecular complexity index is 1800. The van der Waals surface area contributed by atoms with E-state index in [1.165, 1.54) is 24.3 Å². The molecule has 0 aliphatic heterocycles. The number of aliphatic carboxylic acids is 1. The first-order chi connectivity index (χ1) is 21.3. The normalized spacial score (nSPS) is 11.3. The van der Waals surface area contributed by atoms with Crippen LogP contribution in [0.15, 0.2) is 126 Å². The fourth-order valence-corrected chi connectivity index (χ4v) is 4.87. The van der Waals surface area contributed by atoms with Crippen LogP contribution >= 0.6 is 15.9 Å². The van der Waals surface area contributed by atoms with E-state index in [9.17, 15) is 23.9 Å². The maximum Gasteiger partial charge on any atom is 0.326 e. The maximum absolute atomic E-state index is 13.3. The van der Waals surface area contributed by atoms with Crippen LogP contribution in [0.1, 0.15) is 26.3 Å². The molecule has 5 aromatic carbocycles. The first-order valence-electron chi connectivity index (χ1n) is 13.6. The van der Waals surface area contributed by atoms with Crippen molar-refractivity contribution in [1.29, 1.82) is 0 Å². The first-order valence-corrected chi connectivity index (χ1v) is 14.4. The molecule has 0 saturated heterocycles. The van der Waals surface area contributed by atoms with Crippen molar-refractivity contribution in [3.05, 3.63) is 148 Å². The number of carboxylic acid groups (broad SMARTS) is 1. The topological polar surface area (TPSA) is 105 Å². The molecule has 5 rings (SSSR count). The number of rotatable bonds is 10. The van der Waals surface area contributed by atoms with Gasteiger partial charge >= 0.3 is 5.97 Å². The number of nitrogens with one attached hydrogen (secondary N) is 2. The van der Waals surface area contributed by atoms with Crippen molar-refractivity contribution in [2.45, 2.75) is 12.5 Å². The summed E-state index contributed by atoms with van der Waals surface area (Å²) in [6.07, 6.45) is 0.0226. The Kier molecular flexibility index (Phi) is 9.46. The molecule has 0 aliphatic rings. The lowest BCUT2D eigenvalue weighted by atomic mass is 9.99. The van der Waals surface area contributed by atoms with Crippen LogP contribution in [0.4, 0.5) is 10.1 Å². The summed E-state index contributed by atoms with van der Waals surface area (Å²) in [6, 6.07) is 32.8. The number of carboxylic acids is 1. The minimum Gasteiger partial charge on any atom is -0.480 e. The summed E-state index contributed by atoms with van der Waals surface area (Å²) in [4.78, 5) is 38.2. The number of para-hydroxylation sites is 2. The standard InChI is InChI=1S/C35H26BrFN2O5/c36-25-16-19-30(38-33(40)24-14-17-26(37)18-15-24)29(21-25)34(41)39-31(35(42)43)20-22-10-12-23(13-11-22)28-8-4-5-9-32(28)44-27-6-2-1-3-7-27/h1-19,21,31H,20H2,(H,38,40)(H,39,41)(H,42,43). The zero-order valence-electron chi connectivity index (χ0n) is 23.2. The maximum atomic E-state index is 13.3. The summed E-state index contributed by atoms with van der Waals surface area (Å²) < 4.78 is 19.9. The van der Waals surface area contributed by atoms with Crippen molar-refractivity contribution in [1.82, 2.24) is 5.32 Å². The van der Waals surface area contributed by atoms with Gasteiger partial charge < -0.3 is 20.5 Å². The van der Waals surface area contributed by atoms with E-state index in [-0.39, 0.29) is 23.2 Å². The van der Waals surface area contributed by atoms with Crippen LogP contribution in [0.25, 0.3) is 11.1 Å². The van der Waals surface area contributed by atoms with Gasteiger partial charge in [-0.05, 0) is 71.8 Å². The number of benzene rings is 5. The molecule has 5 aromatic rings. The molecule has 0 fully saturated rings.